The minimum absolute atomic E-state index is 0.0257. The number of hydrogen-bond donors (Lipinski definition) is 1. The molecule has 152 valence electrons. The molecule has 0 spiro atoms. The summed E-state index contributed by atoms with van der Waals surface area (Å²) in [5, 5.41) is 0. The van der Waals surface area contributed by atoms with E-state index in [1.165, 1.54) is 24.3 Å². The fourth-order valence-electron chi connectivity index (χ4n) is 4.29. The number of sulfonamides is 2. The quantitative estimate of drug-likeness (QED) is 0.802. The molecule has 2 fully saturated rings. The van der Waals surface area contributed by atoms with Crippen molar-refractivity contribution in [3.05, 3.63) is 24.3 Å². The Kier molecular flexibility index (Phi) is 6.30. The Morgan fingerprint density at radius 2 is 1.30 bits per heavy atom. The molecule has 8 heteroatoms. The third-order valence-electron chi connectivity index (χ3n) is 5.75. The first-order chi connectivity index (χ1) is 12.7. The molecule has 0 aromatic heterocycles. The number of nitrogens with one attached hydrogen (secondary N) is 1. The number of nitrogens with zero attached hydrogens (tertiary/aromatic N) is 1. The SMILES string of the molecule is C[C@H]1CCC[C@H](C)N1S(=O)(=O)c1ccc(S(=O)(=O)NC2CCCCC2)cc1. The fourth-order valence-corrected chi connectivity index (χ4v) is 7.48. The Morgan fingerprint density at radius 3 is 1.85 bits per heavy atom. The van der Waals surface area contributed by atoms with E-state index in [9.17, 15) is 16.8 Å². The summed E-state index contributed by atoms with van der Waals surface area (Å²) in [5.74, 6) is 0. The van der Waals surface area contributed by atoms with E-state index in [-0.39, 0.29) is 27.9 Å². The van der Waals surface area contributed by atoms with Crippen LogP contribution in [-0.4, -0.2) is 39.3 Å². The first kappa shape index (κ1) is 20.8. The third-order valence-corrected chi connectivity index (χ3v) is 9.43. The molecular formula is C19H30N2O4S2. The number of benzene rings is 1. The van der Waals surface area contributed by atoms with E-state index < -0.39 is 20.0 Å². The molecule has 1 aliphatic heterocycles. The van der Waals surface area contributed by atoms with Gasteiger partial charge in [0.15, 0.2) is 0 Å². The van der Waals surface area contributed by atoms with Crippen LogP contribution in [0.15, 0.2) is 34.1 Å². The van der Waals surface area contributed by atoms with E-state index in [2.05, 4.69) is 4.72 Å². The summed E-state index contributed by atoms with van der Waals surface area (Å²) in [6.45, 7) is 3.86. The smallest absolute Gasteiger partial charge is 0.208 e. The molecule has 1 saturated carbocycles. The molecule has 2 atom stereocenters. The molecule has 1 aromatic rings. The van der Waals surface area contributed by atoms with Gasteiger partial charge in [-0.3, -0.25) is 0 Å². The van der Waals surface area contributed by atoms with Gasteiger partial charge in [-0.2, -0.15) is 4.31 Å². The summed E-state index contributed by atoms with van der Waals surface area (Å²) in [6.07, 6.45) is 7.67. The summed E-state index contributed by atoms with van der Waals surface area (Å²) >= 11 is 0. The van der Waals surface area contributed by atoms with Crippen molar-refractivity contribution in [1.82, 2.24) is 9.03 Å². The van der Waals surface area contributed by atoms with Crippen LogP contribution in [0.3, 0.4) is 0 Å². The molecule has 27 heavy (non-hydrogen) atoms. The minimum Gasteiger partial charge on any atom is -0.208 e. The second-order valence-corrected chi connectivity index (χ2v) is 11.4. The van der Waals surface area contributed by atoms with E-state index >= 15 is 0 Å². The highest BCUT2D eigenvalue weighted by molar-refractivity contribution is 7.89. The maximum atomic E-state index is 13.0. The molecule has 0 amide bonds. The molecule has 2 aliphatic rings. The van der Waals surface area contributed by atoms with Crippen LogP contribution in [0, 0.1) is 0 Å². The zero-order valence-electron chi connectivity index (χ0n) is 16.1. The summed E-state index contributed by atoms with van der Waals surface area (Å²) in [4.78, 5) is 0.270. The molecule has 1 N–H and O–H groups in total. The Balaban J connectivity index is 1.79. The van der Waals surface area contributed by atoms with Gasteiger partial charge in [0.2, 0.25) is 20.0 Å². The van der Waals surface area contributed by atoms with E-state index in [1.54, 1.807) is 4.31 Å². The highest BCUT2D eigenvalue weighted by Crippen LogP contribution is 2.30. The molecule has 1 aliphatic carbocycles. The van der Waals surface area contributed by atoms with Crippen LogP contribution in [-0.2, 0) is 20.0 Å². The van der Waals surface area contributed by atoms with Crippen molar-refractivity contribution in [1.29, 1.82) is 0 Å². The lowest BCUT2D eigenvalue weighted by Gasteiger charge is -2.37. The molecule has 0 unspecified atom stereocenters. The van der Waals surface area contributed by atoms with Crippen molar-refractivity contribution in [3.8, 4) is 0 Å². The van der Waals surface area contributed by atoms with Crippen molar-refractivity contribution in [2.45, 2.75) is 93.1 Å². The van der Waals surface area contributed by atoms with Crippen LogP contribution < -0.4 is 4.72 Å². The average Bonchev–Trinajstić information content (AvgIpc) is 2.62. The van der Waals surface area contributed by atoms with Gasteiger partial charge in [0.1, 0.15) is 0 Å². The van der Waals surface area contributed by atoms with E-state index in [4.69, 9.17) is 0 Å². The van der Waals surface area contributed by atoms with Crippen LogP contribution in [0.5, 0.6) is 0 Å². The van der Waals surface area contributed by atoms with Crippen LogP contribution in [0.1, 0.15) is 65.2 Å². The predicted octanol–water partition coefficient (Wildman–Crippen LogP) is 3.25. The van der Waals surface area contributed by atoms with Gasteiger partial charge < -0.3 is 0 Å². The van der Waals surface area contributed by atoms with Crippen molar-refractivity contribution < 1.29 is 16.8 Å². The highest BCUT2D eigenvalue weighted by atomic mass is 32.2. The first-order valence-corrected chi connectivity index (χ1v) is 12.8. The lowest BCUT2D eigenvalue weighted by atomic mass is 9.96. The van der Waals surface area contributed by atoms with Crippen molar-refractivity contribution >= 4 is 20.0 Å². The lowest BCUT2D eigenvalue weighted by molar-refractivity contribution is 0.204. The number of piperidine rings is 1. The summed E-state index contributed by atoms with van der Waals surface area (Å²) in [5.41, 5.74) is 0. The molecule has 1 aromatic carbocycles. The highest BCUT2D eigenvalue weighted by Gasteiger charge is 2.35. The van der Waals surface area contributed by atoms with Crippen LogP contribution in [0.25, 0.3) is 0 Å². The Bertz CT molecular complexity index is 834. The number of rotatable bonds is 5. The van der Waals surface area contributed by atoms with Crippen molar-refractivity contribution in [2.24, 2.45) is 0 Å². The van der Waals surface area contributed by atoms with E-state index in [1.807, 2.05) is 13.8 Å². The van der Waals surface area contributed by atoms with Crippen LogP contribution in [0.4, 0.5) is 0 Å². The molecule has 1 saturated heterocycles. The first-order valence-electron chi connectivity index (χ1n) is 9.88. The van der Waals surface area contributed by atoms with Crippen LogP contribution in [0.2, 0.25) is 0 Å². The van der Waals surface area contributed by atoms with Gasteiger partial charge in [-0.05, 0) is 63.8 Å². The summed E-state index contributed by atoms with van der Waals surface area (Å²) in [7, 11) is -7.26. The average molecular weight is 415 g/mol. The second kappa shape index (κ2) is 8.19. The number of hydrogen-bond acceptors (Lipinski definition) is 4. The van der Waals surface area contributed by atoms with Gasteiger partial charge in [-0.25, -0.2) is 21.6 Å². The third kappa shape index (κ3) is 4.55. The zero-order valence-corrected chi connectivity index (χ0v) is 17.7. The standard InChI is InChI=1S/C19H30N2O4S2/c1-15-7-6-8-16(2)21(15)27(24,25)19-13-11-18(12-14-19)26(22,23)20-17-9-4-3-5-10-17/h11-17,20H,3-10H2,1-2H3/t15-,16-/m0/s1. The molecule has 0 bridgehead atoms. The minimum atomic E-state index is -3.63. The van der Waals surface area contributed by atoms with Gasteiger partial charge in [-0.15, -0.1) is 0 Å². The van der Waals surface area contributed by atoms with Gasteiger partial charge in [0, 0.05) is 18.1 Å². The largest absolute Gasteiger partial charge is 0.243 e. The Hall–Kier alpha value is -0.960. The van der Waals surface area contributed by atoms with Crippen LogP contribution >= 0.6 is 0 Å². The summed E-state index contributed by atoms with van der Waals surface area (Å²) in [6, 6.07) is 5.51. The van der Waals surface area contributed by atoms with Gasteiger partial charge >= 0.3 is 0 Å². The maximum Gasteiger partial charge on any atom is 0.243 e. The Morgan fingerprint density at radius 1 is 0.778 bits per heavy atom. The van der Waals surface area contributed by atoms with Gasteiger partial charge in [0.05, 0.1) is 9.79 Å². The monoisotopic (exact) mass is 414 g/mol. The topological polar surface area (TPSA) is 83.6 Å². The molecule has 1 heterocycles. The molecule has 3 rings (SSSR count). The molecule has 6 nitrogen and oxygen atoms in total. The van der Waals surface area contributed by atoms with Crippen molar-refractivity contribution in [3.63, 3.8) is 0 Å². The van der Waals surface area contributed by atoms with Gasteiger partial charge in [0.25, 0.3) is 0 Å². The predicted molar refractivity (Wildman–Crippen MR) is 105 cm³/mol. The lowest BCUT2D eigenvalue weighted by Crippen LogP contribution is -2.47. The van der Waals surface area contributed by atoms with E-state index in [0.717, 1.165) is 51.4 Å². The maximum absolute atomic E-state index is 13.0. The summed E-state index contributed by atoms with van der Waals surface area (Å²) < 4.78 is 55.6. The molecular weight excluding hydrogens is 384 g/mol. The Labute approximate surface area is 163 Å². The van der Waals surface area contributed by atoms with E-state index in [0.29, 0.717) is 0 Å². The second-order valence-electron chi connectivity index (χ2n) is 7.89. The fraction of sp³-hybridized carbons (Fsp3) is 0.684. The van der Waals surface area contributed by atoms with Crippen molar-refractivity contribution in [2.75, 3.05) is 0 Å². The van der Waals surface area contributed by atoms with Gasteiger partial charge in [-0.1, -0.05) is 25.7 Å². The zero-order chi connectivity index (χ0) is 19.7. The molecule has 0 radical (unpaired) electrons. The normalized spacial score (nSPS) is 26.1.